The highest BCUT2D eigenvalue weighted by Crippen LogP contribution is 2.00. The Kier molecular flexibility index (Phi) is 2.98. The standard InChI is InChI=1S/C9H17N3O2/c1-9(2,3)11-7(13)6-12-5-4-10-8(12)14/h4-6H2,1-3H3,(H,10,14)(H,11,13). The quantitative estimate of drug-likeness (QED) is 0.653. The molecule has 2 N–H and O–H groups in total. The van der Waals surface area contributed by atoms with E-state index in [1.54, 1.807) is 0 Å². The minimum atomic E-state index is -0.243. The summed E-state index contributed by atoms with van der Waals surface area (Å²) in [6.07, 6.45) is 0. The van der Waals surface area contributed by atoms with Crippen LogP contribution in [0.2, 0.25) is 0 Å². The van der Waals surface area contributed by atoms with Crippen LogP contribution in [-0.4, -0.2) is 42.0 Å². The summed E-state index contributed by atoms with van der Waals surface area (Å²) in [5.41, 5.74) is -0.243. The Labute approximate surface area is 83.8 Å². The average Bonchev–Trinajstić information content (AvgIpc) is 2.32. The second kappa shape index (κ2) is 3.86. The van der Waals surface area contributed by atoms with Gasteiger partial charge < -0.3 is 15.5 Å². The van der Waals surface area contributed by atoms with Gasteiger partial charge in [-0.15, -0.1) is 0 Å². The third-order valence-electron chi connectivity index (χ3n) is 1.79. The molecule has 0 bridgehead atoms. The molecule has 14 heavy (non-hydrogen) atoms. The Balaban J connectivity index is 2.37. The fraction of sp³-hybridized carbons (Fsp3) is 0.778. The first kappa shape index (κ1) is 10.8. The molecule has 3 amide bonds. The first-order valence-corrected chi connectivity index (χ1v) is 4.72. The summed E-state index contributed by atoms with van der Waals surface area (Å²) in [5, 5.41) is 5.45. The van der Waals surface area contributed by atoms with E-state index in [0.717, 1.165) is 0 Å². The van der Waals surface area contributed by atoms with Gasteiger partial charge in [-0.05, 0) is 20.8 Å². The van der Waals surface area contributed by atoms with Crippen LogP contribution in [-0.2, 0) is 4.79 Å². The first-order chi connectivity index (χ1) is 6.38. The minimum absolute atomic E-state index is 0.116. The Bertz CT molecular complexity index is 245. The monoisotopic (exact) mass is 199 g/mol. The molecule has 80 valence electrons. The van der Waals surface area contributed by atoms with Crippen LogP contribution in [0.4, 0.5) is 4.79 Å². The van der Waals surface area contributed by atoms with E-state index in [4.69, 9.17) is 0 Å². The number of nitrogens with one attached hydrogen (secondary N) is 2. The normalized spacial score (nSPS) is 16.8. The Morgan fingerprint density at radius 1 is 1.57 bits per heavy atom. The molecule has 1 heterocycles. The number of hydrogen-bond acceptors (Lipinski definition) is 2. The maximum Gasteiger partial charge on any atom is 0.317 e. The highest BCUT2D eigenvalue weighted by Gasteiger charge is 2.23. The molecule has 1 rings (SSSR count). The van der Waals surface area contributed by atoms with Crippen LogP contribution in [0.5, 0.6) is 0 Å². The fourth-order valence-electron chi connectivity index (χ4n) is 1.29. The molecule has 0 aromatic rings. The van der Waals surface area contributed by atoms with Crippen LogP contribution in [0.15, 0.2) is 0 Å². The van der Waals surface area contributed by atoms with E-state index in [1.807, 2.05) is 20.8 Å². The van der Waals surface area contributed by atoms with Gasteiger partial charge >= 0.3 is 6.03 Å². The van der Waals surface area contributed by atoms with Gasteiger partial charge in [-0.1, -0.05) is 0 Å². The van der Waals surface area contributed by atoms with E-state index in [0.29, 0.717) is 13.1 Å². The topological polar surface area (TPSA) is 61.4 Å². The summed E-state index contributed by atoms with van der Waals surface area (Å²) in [4.78, 5) is 24.0. The van der Waals surface area contributed by atoms with E-state index in [9.17, 15) is 9.59 Å². The molecule has 0 radical (unpaired) electrons. The summed E-state index contributed by atoms with van der Waals surface area (Å²) in [6.45, 7) is 7.11. The second-order valence-corrected chi connectivity index (χ2v) is 4.45. The molecule has 0 spiro atoms. The van der Waals surface area contributed by atoms with Crippen molar-refractivity contribution in [3.05, 3.63) is 0 Å². The van der Waals surface area contributed by atoms with Crippen molar-refractivity contribution in [3.8, 4) is 0 Å². The third-order valence-corrected chi connectivity index (χ3v) is 1.79. The van der Waals surface area contributed by atoms with Crippen molar-refractivity contribution in [1.29, 1.82) is 0 Å². The maximum atomic E-state index is 11.4. The largest absolute Gasteiger partial charge is 0.350 e. The predicted molar refractivity (Wildman–Crippen MR) is 52.9 cm³/mol. The van der Waals surface area contributed by atoms with Gasteiger partial charge in [-0.3, -0.25) is 4.79 Å². The average molecular weight is 199 g/mol. The lowest BCUT2D eigenvalue weighted by Crippen LogP contribution is -2.46. The maximum absolute atomic E-state index is 11.4. The van der Waals surface area contributed by atoms with Gasteiger partial charge in [0.15, 0.2) is 0 Å². The van der Waals surface area contributed by atoms with E-state index in [1.165, 1.54) is 4.90 Å². The molecule has 1 fully saturated rings. The highest BCUT2D eigenvalue weighted by atomic mass is 16.2. The molecular weight excluding hydrogens is 182 g/mol. The molecule has 0 aliphatic carbocycles. The van der Waals surface area contributed by atoms with Gasteiger partial charge in [0.1, 0.15) is 6.54 Å². The smallest absolute Gasteiger partial charge is 0.317 e. The van der Waals surface area contributed by atoms with Gasteiger partial charge in [0, 0.05) is 18.6 Å². The summed E-state index contributed by atoms with van der Waals surface area (Å²) in [7, 11) is 0. The molecule has 0 atom stereocenters. The molecule has 0 unspecified atom stereocenters. The molecule has 1 aliphatic rings. The number of urea groups is 1. The lowest BCUT2D eigenvalue weighted by atomic mass is 10.1. The van der Waals surface area contributed by atoms with Crippen LogP contribution in [0.1, 0.15) is 20.8 Å². The lowest BCUT2D eigenvalue weighted by Gasteiger charge is -2.22. The molecule has 5 heteroatoms. The van der Waals surface area contributed by atoms with Crippen molar-refractivity contribution in [2.45, 2.75) is 26.3 Å². The van der Waals surface area contributed by atoms with E-state index >= 15 is 0 Å². The second-order valence-electron chi connectivity index (χ2n) is 4.45. The van der Waals surface area contributed by atoms with Crippen LogP contribution in [0, 0.1) is 0 Å². The Morgan fingerprint density at radius 2 is 2.21 bits per heavy atom. The van der Waals surface area contributed by atoms with Crippen molar-refractivity contribution in [2.75, 3.05) is 19.6 Å². The zero-order valence-corrected chi connectivity index (χ0v) is 8.89. The van der Waals surface area contributed by atoms with E-state index in [2.05, 4.69) is 10.6 Å². The van der Waals surface area contributed by atoms with Gasteiger partial charge in [0.25, 0.3) is 0 Å². The minimum Gasteiger partial charge on any atom is -0.350 e. The zero-order chi connectivity index (χ0) is 10.8. The van der Waals surface area contributed by atoms with Crippen LogP contribution in [0.3, 0.4) is 0 Å². The Morgan fingerprint density at radius 3 is 2.64 bits per heavy atom. The van der Waals surface area contributed by atoms with Crippen LogP contribution >= 0.6 is 0 Å². The number of carbonyl (C=O) groups is 2. The number of nitrogens with zero attached hydrogens (tertiary/aromatic N) is 1. The van der Waals surface area contributed by atoms with Crippen molar-refractivity contribution in [2.24, 2.45) is 0 Å². The molecular formula is C9H17N3O2. The molecule has 0 aromatic carbocycles. The van der Waals surface area contributed by atoms with Gasteiger partial charge in [0.05, 0.1) is 0 Å². The number of hydrogen-bond donors (Lipinski definition) is 2. The number of rotatable bonds is 2. The number of amides is 3. The van der Waals surface area contributed by atoms with Crippen molar-refractivity contribution >= 4 is 11.9 Å². The first-order valence-electron chi connectivity index (χ1n) is 4.72. The van der Waals surface area contributed by atoms with Crippen LogP contribution < -0.4 is 10.6 Å². The van der Waals surface area contributed by atoms with Gasteiger partial charge in [-0.2, -0.15) is 0 Å². The van der Waals surface area contributed by atoms with Gasteiger partial charge in [0.2, 0.25) is 5.91 Å². The number of carbonyl (C=O) groups excluding carboxylic acids is 2. The Hall–Kier alpha value is -1.26. The third kappa shape index (κ3) is 3.24. The predicted octanol–water partition coefficient (Wildman–Crippen LogP) is -0.0737. The van der Waals surface area contributed by atoms with Crippen molar-refractivity contribution in [3.63, 3.8) is 0 Å². The molecule has 0 aromatic heterocycles. The van der Waals surface area contributed by atoms with Crippen molar-refractivity contribution < 1.29 is 9.59 Å². The highest BCUT2D eigenvalue weighted by molar-refractivity contribution is 5.85. The zero-order valence-electron chi connectivity index (χ0n) is 8.89. The summed E-state index contributed by atoms with van der Waals surface area (Å²) in [5.74, 6) is -0.116. The molecule has 0 saturated carbocycles. The van der Waals surface area contributed by atoms with Gasteiger partial charge in [-0.25, -0.2) is 4.79 Å². The lowest BCUT2D eigenvalue weighted by molar-refractivity contribution is -0.122. The molecule has 1 aliphatic heterocycles. The van der Waals surface area contributed by atoms with Crippen LogP contribution in [0.25, 0.3) is 0 Å². The molecule has 5 nitrogen and oxygen atoms in total. The SMILES string of the molecule is CC(C)(C)NC(=O)CN1CCNC1=O. The summed E-state index contributed by atoms with van der Waals surface area (Å²) >= 11 is 0. The van der Waals surface area contributed by atoms with Crippen molar-refractivity contribution in [1.82, 2.24) is 15.5 Å². The fourth-order valence-corrected chi connectivity index (χ4v) is 1.29. The molecule has 1 saturated heterocycles. The van der Waals surface area contributed by atoms with E-state index < -0.39 is 0 Å². The summed E-state index contributed by atoms with van der Waals surface area (Å²) < 4.78 is 0. The van der Waals surface area contributed by atoms with E-state index in [-0.39, 0.29) is 24.0 Å². The summed E-state index contributed by atoms with van der Waals surface area (Å²) in [6, 6.07) is -0.158.